The van der Waals surface area contributed by atoms with E-state index in [0.29, 0.717) is 0 Å². The summed E-state index contributed by atoms with van der Waals surface area (Å²) in [7, 11) is 1.48. The molecule has 0 aromatic heterocycles. The zero-order valence-corrected chi connectivity index (χ0v) is 10.9. The number of nitrogens with two attached hydrogens (primary N) is 2. The molecule has 0 aromatic rings. The number of likely N-dealkylation sites (N-methyl/N-ethyl adjacent to an activating group) is 1. The summed E-state index contributed by atoms with van der Waals surface area (Å²) in [5, 5.41) is 37.6. The van der Waals surface area contributed by atoms with Crippen LogP contribution in [-0.4, -0.2) is 87.8 Å². The topological polar surface area (TPSA) is 172 Å². The average Bonchev–Trinajstić information content (AvgIpc) is 2.38. The molecule has 20 heavy (non-hydrogen) atoms. The minimum atomic E-state index is -1.67. The summed E-state index contributed by atoms with van der Waals surface area (Å²) in [5.41, 5.74) is 10.5. The first-order valence-electron chi connectivity index (χ1n) is 5.86. The monoisotopic (exact) mass is 294 g/mol. The molecular formula is C10H20N3O7+. The van der Waals surface area contributed by atoms with Crippen molar-refractivity contribution in [2.24, 2.45) is 11.5 Å². The smallest absolute Gasteiger partial charge is 0.341 e. The van der Waals surface area contributed by atoms with Crippen LogP contribution in [0.3, 0.4) is 0 Å². The van der Waals surface area contributed by atoms with Crippen LogP contribution in [-0.2, 0) is 14.3 Å². The molecule has 0 unspecified atom stereocenters. The van der Waals surface area contributed by atoms with E-state index in [9.17, 15) is 25.2 Å². The molecule has 1 aliphatic heterocycles. The number of aliphatic hydroxyl groups excluding tert-OH is 4. The van der Waals surface area contributed by atoms with E-state index in [4.69, 9.17) is 20.9 Å². The van der Waals surface area contributed by atoms with E-state index >= 15 is 0 Å². The molecular weight excluding hydrogens is 274 g/mol. The number of nitrogens with zero attached hydrogens (tertiary/aromatic N) is 1. The fraction of sp³-hybridized carbons (Fsp3) is 0.800. The molecule has 0 amide bonds. The van der Waals surface area contributed by atoms with Gasteiger partial charge < -0.3 is 29.9 Å². The fourth-order valence-electron chi connectivity index (χ4n) is 1.57. The Kier molecular flexibility index (Phi) is 5.65. The first-order valence-corrected chi connectivity index (χ1v) is 5.86. The third-order valence-electron chi connectivity index (χ3n) is 2.90. The highest BCUT2D eigenvalue weighted by Gasteiger charge is 2.43. The number of rotatable bonds is 4. The maximum absolute atomic E-state index is 11.4. The normalized spacial score (nSPS) is 33.5. The Morgan fingerprint density at radius 3 is 2.35 bits per heavy atom. The van der Waals surface area contributed by atoms with Gasteiger partial charge in [0.25, 0.3) is 0 Å². The number of esters is 1. The highest BCUT2D eigenvalue weighted by molar-refractivity contribution is 5.74. The van der Waals surface area contributed by atoms with Crippen LogP contribution in [0.25, 0.3) is 0 Å². The molecule has 8 N–H and O–H groups in total. The summed E-state index contributed by atoms with van der Waals surface area (Å²) in [4.78, 5) is 11.4. The zero-order chi connectivity index (χ0) is 15.4. The minimum absolute atomic E-state index is 0.0649. The largest absolute Gasteiger partial charge is 0.460 e. The van der Waals surface area contributed by atoms with Crippen molar-refractivity contribution < 1.29 is 39.3 Å². The SMILES string of the molecule is C[N+](CC(=O)OC[C@H]1O[C@@H](O)[C@H](O)[C@@H](O)[C@@H]1O)=C(N)N. The molecule has 0 saturated carbocycles. The quantitative estimate of drug-likeness (QED) is 0.129. The predicted octanol–water partition coefficient (Wildman–Crippen LogP) is -4.75. The van der Waals surface area contributed by atoms with E-state index in [1.54, 1.807) is 0 Å². The first-order chi connectivity index (χ1) is 9.23. The Bertz CT molecular complexity index is 385. The summed E-state index contributed by atoms with van der Waals surface area (Å²) < 4.78 is 10.9. The molecule has 0 aliphatic carbocycles. The second-order valence-corrected chi connectivity index (χ2v) is 4.50. The average molecular weight is 294 g/mol. The van der Waals surface area contributed by atoms with Gasteiger partial charge in [-0.15, -0.1) is 0 Å². The maximum atomic E-state index is 11.4. The zero-order valence-electron chi connectivity index (χ0n) is 10.9. The van der Waals surface area contributed by atoms with Crippen molar-refractivity contribution in [3.05, 3.63) is 0 Å². The van der Waals surface area contributed by atoms with Crippen LogP contribution in [0, 0.1) is 0 Å². The summed E-state index contributed by atoms with van der Waals surface area (Å²) in [6, 6.07) is 0. The van der Waals surface area contributed by atoms with Crippen LogP contribution in [0.4, 0.5) is 0 Å². The Morgan fingerprint density at radius 1 is 1.20 bits per heavy atom. The van der Waals surface area contributed by atoms with Gasteiger partial charge in [0, 0.05) is 0 Å². The molecule has 10 heteroatoms. The van der Waals surface area contributed by atoms with E-state index in [1.165, 1.54) is 11.6 Å². The standard InChI is InChI=1S/C10H19N3O7/c1-13(10(11)12)2-5(14)19-3-4-6(15)7(16)8(17)9(18)20-4/h4,6-9,15-18H,2-3H2,1H3,(H3,11,12)/p+1/t4-,6-,7+,8-,9-/m1/s1. The van der Waals surface area contributed by atoms with Crippen molar-refractivity contribution in [2.75, 3.05) is 20.2 Å². The van der Waals surface area contributed by atoms with Crippen LogP contribution >= 0.6 is 0 Å². The predicted molar refractivity (Wildman–Crippen MR) is 64.3 cm³/mol. The van der Waals surface area contributed by atoms with Crippen LogP contribution in [0.1, 0.15) is 0 Å². The van der Waals surface area contributed by atoms with Crippen molar-refractivity contribution in [1.29, 1.82) is 0 Å². The Labute approximate surface area is 114 Å². The number of ether oxygens (including phenoxy) is 2. The molecule has 1 aliphatic rings. The second kappa shape index (κ2) is 6.81. The van der Waals surface area contributed by atoms with Gasteiger partial charge in [-0.1, -0.05) is 0 Å². The van der Waals surface area contributed by atoms with Crippen molar-refractivity contribution in [3.8, 4) is 0 Å². The van der Waals surface area contributed by atoms with Gasteiger partial charge in [-0.25, -0.2) is 4.79 Å². The molecule has 0 bridgehead atoms. The van der Waals surface area contributed by atoms with Crippen LogP contribution < -0.4 is 11.5 Å². The lowest BCUT2D eigenvalue weighted by Crippen LogP contribution is -2.58. The number of hydrogen-bond donors (Lipinski definition) is 6. The van der Waals surface area contributed by atoms with E-state index < -0.39 is 43.3 Å². The Hall–Kier alpha value is -1.46. The molecule has 1 rings (SSSR count). The lowest BCUT2D eigenvalue weighted by atomic mass is 9.99. The van der Waals surface area contributed by atoms with E-state index in [2.05, 4.69) is 0 Å². The summed E-state index contributed by atoms with van der Waals surface area (Å²) in [5.74, 6) is -0.753. The van der Waals surface area contributed by atoms with Gasteiger partial charge in [0.2, 0.25) is 0 Å². The molecule has 0 spiro atoms. The highest BCUT2D eigenvalue weighted by atomic mass is 16.6. The molecule has 0 radical (unpaired) electrons. The minimum Gasteiger partial charge on any atom is -0.460 e. The fourth-order valence-corrected chi connectivity index (χ4v) is 1.57. The van der Waals surface area contributed by atoms with Gasteiger partial charge in [-0.2, -0.15) is 0 Å². The molecule has 1 heterocycles. The van der Waals surface area contributed by atoms with Gasteiger partial charge in [-0.3, -0.25) is 16.0 Å². The molecule has 0 aromatic carbocycles. The maximum Gasteiger partial charge on any atom is 0.341 e. The molecule has 1 fully saturated rings. The third kappa shape index (κ3) is 4.02. The lowest BCUT2D eigenvalue weighted by molar-refractivity contribution is -0.489. The lowest BCUT2D eigenvalue weighted by Gasteiger charge is -2.37. The second-order valence-electron chi connectivity index (χ2n) is 4.50. The Balaban J connectivity index is 2.49. The van der Waals surface area contributed by atoms with Crippen molar-refractivity contribution in [2.45, 2.75) is 30.7 Å². The molecule has 5 atom stereocenters. The van der Waals surface area contributed by atoms with Gasteiger partial charge in [0.05, 0.1) is 7.05 Å². The van der Waals surface area contributed by atoms with E-state index in [1.807, 2.05) is 0 Å². The van der Waals surface area contributed by atoms with Crippen molar-refractivity contribution in [3.63, 3.8) is 0 Å². The number of guanidine groups is 1. The van der Waals surface area contributed by atoms with Crippen molar-refractivity contribution in [1.82, 2.24) is 0 Å². The van der Waals surface area contributed by atoms with Gasteiger partial charge in [0.15, 0.2) is 12.8 Å². The van der Waals surface area contributed by atoms with Crippen LogP contribution in [0.2, 0.25) is 0 Å². The summed E-state index contributed by atoms with van der Waals surface area (Å²) in [6.07, 6.45) is -7.55. The highest BCUT2D eigenvalue weighted by Crippen LogP contribution is 2.19. The summed E-state index contributed by atoms with van der Waals surface area (Å²) in [6.45, 7) is -0.613. The number of carbonyl (C=O) groups is 1. The Morgan fingerprint density at radius 2 is 1.80 bits per heavy atom. The van der Waals surface area contributed by atoms with E-state index in [-0.39, 0.29) is 12.5 Å². The number of carbonyl (C=O) groups excluding carboxylic acids is 1. The molecule has 10 nitrogen and oxygen atoms in total. The van der Waals surface area contributed by atoms with Gasteiger partial charge in [0.1, 0.15) is 31.0 Å². The first kappa shape index (κ1) is 16.6. The summed E-state index contributed by atoms with van der Waals surface area (Å²) >= 11 is 0. The molecule has 116 valence electrons. The number of hydrogen-bond acceptors (Lipinski definition) is 7. The van der Waals surface area contributed by atoms with Crippen LogP contribution in [0.5, 0.6) is 0 Å². The number of aliphatic hydroxyl groups is 4. The van der Waals surface area contributed by atoms with Gasteiger partial charge >= 0.3 is 11.9 Å². The van der Waals surface area contributed by atoms with Gasteiger partial charge in [-0.05, 0) is 0 Å². The van der Waals surface area contributed by atoms with Crippen molar-refractivity contribution >= 4 is 11.9 Å². The van der Waals surface area contributed by atoms with E-state index in [0.717, 1.165) is 0 Å². The molecule has 1 saturated heterocycles. The third-order valence-corrected chi connectivity index (χ3v) is 2.90. The van der Waals surface area contributed by atoms with Crippen LogP contribution in [0.15, 0.2) is 0 Å².